The molecular weight excluding hydrogens is 318 g/mol. The molecule has 1 amide bonds. The van der Waals surface area contributed by atoms with Crippen LogP contribution in [0.5, 0.6) is 0 Å². The summed E-state index contributed by atoms with van der Waals surface area (Å²) >= 11 is 3.36. The molecule has 5 heteroatoms. The minimum atomic E-state index is -0.235. The van der Waals surface area contributed by atoms with E-state index in [-0.39, 0.29) is 5.91 Å². The number of nitrogen functional groups attached to an aromatic ring is 1. The molecule has 0 fully saturated rings. The number of nitrogens with zero attached hydrogens (tertiary/aromatic N) is 1. The number of carbonyl (C=O) groups is 1. The van der Waals surface area contributed by atoms with Crippen LogP contribution in [0.1, 0.15) is 11.1 Å². The molecule has 2 rings (SSSR count). The molecule has 102 valence electrons. The quantitative estimate of drug-likeness (QED) is 0.669. The van der Waals surface area contributed by atoms with Crippen molar-refractivity contribution < 1.29 is 4.79 Å². The summed E-state index contributed by atoms with van der Waals surface area (Å²) in [4.78, 5) is 15.9. The molecule has 0 aliphatic rings. The second-order valence-electron chi connectivity index (χ2n) is 4.31. The fourth-order valence-corrected chi connectivity index (χ4v) is 1.83. The fourth-order valence-electron chi connectivity index (χ4n) is 1.61. The lowest BCUT2D eigenvalue weighted by atomic mass is 10.2. The zero-order chi connectivity index (χ0) is 14.5. The maximum absolute atomic E-state index is 11.8. The molecule has 0 aliphatic carbocycles. The first-order chi connectivity index (χ1) is 9.54. The van der Waals surface area contributed by atoms with Gasteiger partial charge in [-0.1, -0.05) is 12.1 Å². The molecule has 1 aromatic carbocycles. The highest BCUT2D eigenvalue weighted by Gasteiger charge is 2.01. The number of amides is 1. The van der Waals surface area contributed by atoms with Crippen molar-refractivity contribution in [3.63, 3.8) is 0 Å². The van der Waals surface area contributed by atoms with Gasteiger partial charge in [-0.2, -0.15) is 0 Å². The van der Waals surface area contributed by atoms with E-state index in [1.165, 1.54) is 6.08 Å². The smallest absolute Gasteiger partial charge is 0.249 e. The summed E-state index contributed by atoms with van der Waals surface area (Å²) < 4.78 is 0.908. The standard InChI is InChI=1S/C15H14BrN3O/c1-10-7-14(18-9-13(10)16)19-15(20)6-5-11-3-2-4-12(17)8-11/h2-9H,17H2,1H3,(H,18,19,20)/b6-5+. The Bertz CT molecular complexity index is 668. The largest absolute Gasteiger partial charge is 0.399 e. The zero-order valence-electron chi connectivity index (χ0n) is 10.9. The van der Waals surface area contributed by atoms with Crippen molar-refractivity contribution in [2.45, 2.75) is 6.92 Å². The van der Waals surface area contributed by atoms with Crippen LogP contribution in [0, 0.1) is 6.92 Å². The summed E-state index contributed by atoms with van der Waals surface area (Å²) in [7, 11) is 0. The average molecular weight is 332 g/mol. The number of rotatable bonds is 3. The van der Waals surface area contributed by atoms with Gasteiger partial charge in [-0.3, -0.25) is 4.79 Å². The molecule has 1 aromatic heterocycles. The van der Waals surface area contributed by atoms with Crippen LogP contribution >= 0.6 is 15.9 Å². The number of aryl methyl sites for hydroxylation is 1. The minimum Gasteiger partial charge on any atom is -0.399 e. The monoisotopic (exact) mass is 331 g/mol. The molecule has 0 saturated heterocycles. The van der Waals surface area contributed by atoms with Gasteiger partial charge in [0, 0.05) is 22.4 Å². The highest BCUT2D eigenvalue weighted by Crippen LogP contribution is 2.17. The van der Waals surface area contributed by atoms with E-state index in [0.717, 1.165) is 15.6 Å². The topological polar surface area (TPSA) is 68.0 Å². The molecule has 20 heavy (non-hydrogen) atoms. The fraction of sp³-hybridized carbons (Fsp3) is 0.0667. The first-order valence-corrected chi connectivity index (χ1v) is 6.80. The molecule has 1 heterocycles. The van der Waals surface area contributed by atoms with E-state index in [0.29, 0.717) is 11.5 Å². The summed E-state index contributed by atoms with van der Waals surface area (Å²) in [5, 5.41) is 2.71. The Morgan fingerprint density at radius 2 is 2.20 bits per heavy atom. The van der Waals surface area contributed by atoms with Crippen molar-refractivity contribution in [3.8, 4) is 0 Å². The lowest BCUT2D eigenvalue weighted by Crippen LogP contribution is -2.09. The molecule has 0 unspecified atom stereocenters. The summed E-state index contributed by atoms with van der Waals surface area (Å²) in [5.74, 6) is 0.287. The van der Waals surface area contributed by atoms with Crippen LogP contribution in [0.4, 0.5) is 11.5 Å². The van der Waals surface area contributed by atoms with Crippen molar-refractivity contribution >= 4 is 39.4 Å². The number of carbonyl (C=O) groups excluding carboxylic acids is 1. The Labute approximate surface area is 125 Å². The summed E-state index contributed by atoms with van der Waals surface area (Å²) in [6.45, 7) is 1.93. The lowest BCUT2D eigenvalue weighted by Gasteiger charge is -2.03. The van der Waals surface area contributed by atoms with Gasteiger partial charge in [0.2, 0.25) is 5.91 Å². The van der Waals surface area contributed by atoms with Gasteiger partial charge < -0.3 is 11.1 Å². The molecule has 4 nitrogen and oxygen atoms in total. The molecule has 0 spiro atoms. The number of nitrogens with two attached hydrogens (primary N) is 1. The second kappa shape index (κ2) is 6.34. The van der Waals surface area contributed by atoms with Crippen LogP contribution in [-0.4, -0.2) is 10.9 Å². The first-order valence-electron chi connectivity index (χ1n) is 6.01. The third kappa shape index (κ3) is 3.93. The van der Waals surface area contributed by atoms with E-state index in [4.69, 9.17) is 5.73 Å². The van der Waals surface area contributed by atoms with Crippen LogP contribution in [0.2, 0.25) is 0 Å². The molecule has 0 aliphatic heterocycles. The normalized spacial score (nSPS) is 10.7. The van der Waals surface area contributed by atoms with E-state index in [1.807, 2.05) is 19.1 Å². The average Bonchev–Trinajstić information content (AvgIpc) is 2.41. The van der Waals surface area contributed by atoms with Crippen LogP contribution in [-0.2, 0) is 4.79 Å². The van der Waals surface area contributed by atoms with Crippen molar-refractivity contribution in [1.29, 1.82) is 0 Å². The molecule has 0 saturated carbocycles. The van der Waals surface area contributed by atoms with Gasteiger partial charge in [0.1, 0.15) is 5.82 Å². The molecule has 0 bridgehead atoms. The number of hydrogen-bond acceptors (Lipinski definition) is 3. The van der Waals surface area contributed by atoms with Gasteiger partial charge >= 0.3 is 0 Å². The summed E-state index contributed by atoms with van der Waals surface area (Å²) in [6, 6.07) is 9.11. The Hall–Kier alpha value is -2.14. The second-order valence-corrected chi connectivity index (χ2v) is 5.17. The highest BCUT2D eigenvalue weighted by molar-refractivity contribution is 9.10. The van der Waals surface area contributed by atoms with E-state index in [9.17, 15) is 4.79 Å². The predicted octanol–water partition coefficient (Wildman–Crippen LogP) is 3.39. The van der Waals surface area contributed by atoms with Crippen LogP contribution in [0.3, 0.4) is 0 Å². The first kappa shape index (κ1) is 14.3. The van der Waals surface area contributed by atoms with Crippen LogP contribution < -0.4 is 11.1 Å². The molecular formula is C15H14BrN3O. The number of aromatic nitrogens is 1. The van der Waals surface area contributed by atoms with Gasteiger partial charge in [0.25, 0.3) is 0 Å². The Morgan fingerprint density at radius 1 is 1.40 bits per heavy atom. The van der Waals surface area contributed by atoms with Crippen LogP contribution in [0.15, 0.2) is 47.1 Å². The maximum Gasteiger partial charge on any atom is 0.249 e. The third-order valence-electron chi connectivity index (χ3n) is 2.64. The van der Waals surface area contributed by atoms with E-state index >= 15 is 0 Å². The molecule has 3 N–H and O–H groups in total. The highest BCUT2D eigenvalue weighted by atomic mass is 79.9. The predicted molar refractivity (Wildman–Crippen MR) is 85.2 cm³/mol. The maximum atomic E-state index is 11.8. The number of hydrogen-bond donors (Lipinski definition) is 2. The molecule has 2 aromatic rings. The summed E-state index contributed by atoms with van der Waals surface area (Å²) in [5.41, 5.74) is 8.22. The number of pyridine rings is 1. The number of benzene rings is 1. The zero-order valence-corrected chi connectivity index (χ0v) is 12.5. The number of nitrogens with one attached hydrogen (secondary N) is 1. The molecule has 0 radical (unpaired) electrons. The minimum absolute atomic E-state index is 0.235. The third-order valence-corrected chi connectivity index (χ3v) is 3.47. The van der Waals surface area contributed by atoms with Crippen molar-refractivity contribution in [1.82, 2.24) is 4.98 Å². The van der Waals surface area contributed by atoms with E-state index in [2.05, 4.69) is 26.2 Å². The SMILES string of the molecule is Cc1cc(NC(=O)/C=C/c2cccc(N)c2)ncc1Br. The van der Waals surface area contributed by atoms with E-state index in [1.54, 1.807) is 30.5 Å². The van der Waals surface area contributed by atoms with Crippen molar-refractivity contribution in [3.05, 3.63) is 58.2 Å². The number of anilines is 2. The molecule has 0 atom stereocenters. The Kier molecular flexibility index (Phi) is 4.53. The summed E-state index contributed by atoms with van der Waals surface area (Å²) in [6.07, 6.45) is 4.82. The van der Waals surface area contributed by atoms with Crippen molar-refractivity contribution in [2.75, 3.05) is 11.1 Å². The van der Waals surface area contributed by atoms with Gasteiger partial charge in [-0.05, 0) is 58.3 Å². The van der Waals surface area contributed by atoms with Crippen molar-refractivity contribution in [2.24, 2.45) is 0 Å². The lowest BCUT2D eigenvalue weighted by molar-refractivity contribution is -0.111. The van der Waals surface area contributed by atoms with Gasteiger partial charge in [0.15, 0.2) is 0 Å². The Balaban J connectivity index is 2.03. The van der Waals surface area contributed by atoms with Gasteiger partial charge in [-0.15, -0.1) is 0 Å². The van der Waals surface area contributed by atoms with Gasteiger partial charge in [-0.25, -0.2) is 4.98 Å². The van der Waals surface area contributed by atoms with Gasteiger partial charge in [0.05, 0.1) is 0 Å². The van der Waals surface area contributed by atoms with Crippen LogP contribution in [0.25, 0.3) is 6.08 Å². The number of halogens is 1. The Morgan fingerprint density at radius 3 is 2.90 bits per heavy atom. The van der Waals surface area contributed by atoms with E-state index < -0.39 is 0 Å².